The zero-order chi connectivity index (χ0) is 15.2. The zero-order valence-electron chi connectivity index (χ0n) is 12.0. The molecule has 1 N–H and O–H groups in total. The molecule has 2 rings (SSSR count). The highest BCUT2D eigenvalue weighted by molar-refractivity contribution is 5.87. The monoisotopic (exact) mass is 286 g/mol. The Hall–Kier alpha value is -2.43. The van der Waals surface area contributed by atoms with Crippen LogP contribution in [0.4, 0.5) is 0 Å². The Morgan fingerprint density at radius 2 is 2.00 bits per heavy atom. The van der Waals surface area contributed by atoms with Crippen LogP contribution < -0.4 is 0 Å². The zero-order valence-corrected chi connectivity index (χ0v) is 12.0. The predicted molar refractivity (Wildman–Crippen MR) is 80.0 cm³/mol. The third-order valence-electron chi connectivity index (χ3n) is 3.37. The highest BCUT2D eigenvalue weighted by Crippen LogP contribution is 2.17. The average molecular weight is 286 g/mol. The summed E-state index contributed by atoms with van der Waals surface area (Å²) >= 11 is 0. The van der Waals surface area contributed by atoms with Crippen molar-refractivity contribution in [1.82, 2.24) is 9.88 Å². The van der Waals surface area contributed by atoms with E-state index in [1.807, 2.05) is 30.3 Å². The first-order chi connectivity index (χ1) is 10.1. The Labute approximate surface area is 123 Å². The SMILES string of the molecule is CN(CCCC(=O)O)C(=O)Cc1cccc2cccnc12. The molecule has 0 aliphatic rings. The number of carbonyl (C=O) groups is 2. The Morgan fingerprint density at radius 1 is 1.24 bits per heavy atom. The van der Waals surface area contributed by atoms with E-state index in [4.69, 9.17) is 5.11 Å². The van der Waals surface area contributed by atoms with Crippen molar-refractivity contribution in [2.75, 3.05) is 13.6 Å². The maximum atomic E-state index is 12.2. The largest absolute Gasteiger partial charge is 0.481 e. The van der Waals surface area contributed by atoms with E-state index < -0.39 is 5.97 Å². The van der Waals surface area contributed by atoms with Crippen LogP contribution in [0.5, 0.6) is 0 Å². The van der Waals surface area contributed by atoms with Gasteiger partial charge in [0.2, 0.25) is 5.91 Å². The fraction of sp³-hybridized carbons (Fsp3) is 0.312. The summed E-state index contributed by atoms with van der Waals surface area (Å²) in [5.74, 6) is -0.868. The first kappa shape index (κ1) is 15.0. The summed E-state index contributed by atoms with van der Waals surface area (Å²) in [5, 5.41) is 9.62. The second-order valence-electron chi connectivity index (χ2n) is 4.98. The quantitative estimate of drug-likeness (QED) is 0.882. The molecule has 0 radical (unpaired) electrons. The number of carboxylic acids is 1. The van der Waals surface area contributed by atoms with Crippen molar-refractivity contribution in [3.05, 3.63) is 42.1 Å². The molecule has 0 atom stereocenters. The number of carbonyl (C=O) groups excluding carboxylic acids is 1. The normalized spacial score (nSPS) is 10.5. The maximum Gasteiger partial charge on any atom is 0.303 e. The number of carboxylic acid groups (broad SMARTS) is 1. The number of likely N-dealkylation sites (N-methyl/N-ethyl adjacent to an activating group) is 1. The molecule has 1 aromatic carbocycles. The van der Waals surface area contributed by atoms with Crippen LogP contribution in [0, 0.1) is 0 Å². The van der Waals surface area contributed by atoms with Crippen LogP contribution in [-0.4, -0.2) is 40.5 Å². The van der Waals surface area contributed by atoms with Crippen molar-refractivity contribution < 1.29 is 14.7 Å². The number of para-hydroxylation sites is 1. The molecule has 0 spiro atoms. The van der Waals surface area contributed by atoms with Crippen molar-refractivity contribution in [3.8, 4) is 0 Å². The van der Waals surface area contributed by atoms with Crippen molar-refractivity contribution in [2.45, 2.75) is 19.3 Å². The van der Waals surface area contributed by atoms with E-state index in [0.29, 0.717) is 13.0 Å². The molecule has 0 bridgehead atoms. The lowest BCUT2D eigenvalue weighted by Gasteiger charge is -2.17. The summed E-state index contributed by atoms with van der Waals surface area (Å²) in [6.07, 6.45) is 2.53. The van der Waals surface area contributed by atoms with Crippen LogP contribution in [0.25, 0.3) is 10.9 Å². The van der Waals surface area contributed by atoms with Crippen molar-refractivity contribution in [2.24, 2.45) is 0 Å². The molecule has 2 aromatic rings. The second kappa shape index (κ2) is 6.83. The topological polar surface area (TPSA) is 70.5 Å². The van der Waals surface area contributed by atoms with E-state index >= 15 is 0 Å². The minimum Gasteiger partial charge on any atom is -0.481 e. The molecule has 5 nitrogen and oxygen atoms in total. The number of rotatable bonds is 6. The molecule has 0 saturated carbocycles. The minimum absolute atomic E-state index is 0.0291. The fourth-order valence-corrected chi connectivity index (χ4v) is 2.20. The molecule has 0 saturated heterocycles. The Balaban J connectivity index is 2.02. The number of benzene rings is 1. The smallest absolute Gasteiger partial charge is 0.303 e. The van der Waals surface area contributed by atoms with Gasteiger partial charge in [0.15, 0.2) is 0 Å². The molecule has 1 heterocycles. The number of pyridine rings is 1. The van der Waals surface area contributed by atoms with E-state index in [1.54, 1.807) is 18.1 Å². The number of hydrogen-bond donors (Lipinski definition) is 1. The molecule has 0 fully saturated rings. The third-order valence-corrected chi connectivity index (χ3v) is 3.37. The maximum absolute atomic E-state index is 12.2. The minimum atomic E-state index is -0.839. The van der Waals surface area contributed by atoms with Gasteiger partial charge in [-0.3, -0.25) is 14.6 Å². The molecular weight excluding hydrogens is 268 g/mol. The van der Waals surface area contributed by atoms with Gasteiger partial charge in [0, 0.05) is 31.6 Å². The fourth-order valence-electron chi connectivity index (χ4n) is 2.20. The van der Waals surface area contributed by atoms with Crippen LogP contribution in [-0.2, 0) is 16.0 Å². The highest BCUT2D eigenvalue weighted by atomic mass is 16.4. The molecule has 1 aromatic heterocycles. The van der Waals surface area contributed by atoms with E-state index in [0.717, 1.165) is 16.5 Å². The summed E-state index contributed by atoms with van der Waals surface area (Å²) < 4.78 is 0. The number of fused-ring (bicyclic) bond motifs is 1. The average Bonchev–Trinajstić information content (AvgIpc) is 2.47. The molecule has 110 valence electrons. The van der Waals surface area contributed by atoms with Gasteiger partial charge in [0.05, 0.1) is 11.9 Å². The summed E-state index contributed by atoms with van der Waals surface area (Å²) in [4.78, 5) is 28.6. The number of amides is 1. The van der Waals surface area contributed by atoms with Gasteiger partial charge >= 0.3 is 5.97 Å². The van der Waals surface area contributed by atoms with Crippen molar-refractivity contribution in [3.63, 3.8) is 0 Å². The summed E-state index contributed by atoms with van der Waals surface area (Å²) in [6, 6.07) is 9.61. The molecule has 21 heavy (non-hydrogen) atoms. The van der Waals surface area contributed by atoms with Gasteiger partial charge in [-0.25, -0.2) is 0 Å². The summed E-state index contributed by atoms with van der Waals surface area (Å²) in [5.41, 5.74) is 1.73. The first-order valence-electron chi connectivity index (χ1n) is 6.86. The third kappa shape index (κ3) is 4.02. The van der Waals surface area contributed by atoms with Crippen molar-refractivity contribution in [1.29, 1.82) is 0 Å². The molecular formula is C16H18N2O3. The van der Waals surface area contributed by atoms with Gasteiger partial charge in [-0.2, -0.15) is 0 Å². The van der Waals surface area contributed by atoms with Gasteiger partial charge < -0.3 is 10.0 Å². The molecule has 0 aliphatic heterocycles. The van der Waals surface area contributed by atoms with Gasteiger partial charge in [-0.15, -0.1) is 0 Å². The standard InChI is InChI=1S/C16H18N2O3/c1-18(10-4-8-15(20)21)14(19)11-13-6-2-5-12-7-3-9-17-16(12)13/h2-3,5-7,9H,4,8,10-11H2,1H3,(H,20,21). The molecule has 1 amide bonds. The number of aliphatic carboxylic acids is 1. The number of hydrogen-bond acceptors (Lipinski definition) is 3. The summed E-state index contributed by atoms with van der Waals surface area (Å²) in [6.45, 7) is 0.448. The van der Waals surface area contributed by atoms with Crippen molar-refractivity contribution >= 4 is 22.8 Å². The van der Waals surface area contributed by atoms with E-state index in [9.17, 15) is 9.59 Å². The van der Waals surface area contributed by atoms with Crippen LogP contribution in [0.2, 0.25) is 0 Å². The lowest BCUT2D eigenvalue weighted by atomic mass is 10.1. The summed E-state index contributed by atoms with van der Waals surface area (Å²) in [7, 11) is 1.70. The number of aromatic nitrogens is 1. The van der Waals surface area contributed by atoms with Crippen LogP contribution in [0.1, 0.15) is 18.4 Å². The Kier molecular flexibility index (Phi) is 4.87. The van der Waals surface area contributed by atoms with Gasteiger partial charge in [0.25, 0.3) is 0 Å². The Morgan fingerprint density at radius 3 is 2.76 bits per heavy atom. The predicted octanol–water partition coefficient (Wildman–Crippen LogP) is 2.10. The van der Waals surface area contributed by atoms with Crippen LogP contribution in [0.3, 0.4) is 0 Å². The van der Waals surface area contributed by atoms with Gasteiger partial charge in [-0.05, 0) is 18.1 Å². The van der Waals surface area contributed by atoms with E-state index in [2.05, 4.69) is 4.98 Å². The molecule has 0 aliphatic carbocycles. The van der Waals surface area contributed by atoms with Crippen LogP contribution >= 0.6 is 0 Å². The van der Waals surface area contributed by atoms with Gasteiger partial charge in [-0.1, -0.05) is 24.3 Å². The highest BCUT2D eigenvalue weighted by Gasteiger charge is 2.12. The number of nitrogens with zero attached hydrogens (tertiary/aromatic N) is 2. The van der Waals surface area contributed by atoms with Gasteiger partial charge in [0.1, 0.15) is 0 Å². The van der Waals surface area contributed by atoms with Crippen LogP contribution in [0.15, 0.2) is 36.5 Å². The first-order valence-corrected chi connectivity index (χ1v) is 6.86. The Bertz CT molecular complexity index is 650. The van der Waals surface area contributed by atoms with E-state index in [-0.39, 0.29) is 18.7 Å². The van der Waals surface area contributed by atoms with E-state index in [1.165, 1.54) is 0 Å². The molecule has 5 heteroatoms. The lowest BCUT2D eigenvalue weighted by Crippen LogP contribution is -2.29. The lowest BCUT2D eigenvalue weighted by molar-refractivity contribution is -0.138. The molecule has 0 unspecified atom stereocenters. The second-order valence-corrected chi connectivity index (χ2v) is 4.98.